The average Bonchev–Trinajstić information content (AvgIpc) is 2.84. The lowest BCUT2D eigenvalue weighted by Crippen LogP contribution is -2.22. The molecule has 0 aliphatic rings. The SMILES string of the molecule is COc1ccc(CNC(=O)c2ccc(-c3ccc(Oc4ccccc4)nn3)cc2)cc1. The van der Waals surface area contributed by atoms with Gasteiger partial charge in [0, 0.05) is 23.7 Å². The number of ether oxygens (including phenoxy) is 2. The number of aromatic nitrogens is 2. The van der Waals surface area contributed by atoms with Gasteiger partial charge in [-0.2, -0.15) is 0 Å². The molecule has 31 heavy (non-hydrogen) atoms. The summed E-state index contributed by atoms with van der Waals surface area (Å²) in [7, 11) is 1.62. The molecule has 0 atom stereocenters. The summed E-state index contributed by atoms with van der Waals surface area (Å²) in [5, 5.41) is 11.3. The maximum Gasteiger partial charge on any atom is 0.251 e. The van der Waals surface area contributed by atoms with E-state index in [2.05, 4.69) is 15.5 Å². The predicted octanol–water partition coefficient (Wildman–Crippen LogP) is 4.87. The summed E-state index contributed by atoms with van der Waals surface area (Å²) >= 11 is 0. The molecule has 0 radical (unpaired) electrons. The van der Waals surface area contributed by atoms with E-state index in [1.165, 1.54) is 0 Å². The van der Waals surface area contributed by atoms with Gasteiger partial charge in [0.2, 0.25) is 5.88 Å². The number of para-hydroxylation sites is 1. The van der Waals surface area contributed by atoms with E-state index >= 15 is 0 Å². The second-order valence-corrected chi connectivity index (χ2v) is 6.78. The predicted molar refractivity (Wildman–Crippen MR) is 118 cm³/mol. The molecule has 3 aromatic carbocycles. The van der Waals surface area contributed by atoms with Gasteiger partial charge in [0.05, 0.1) is 12.8 Å². The van der Waals surface area contributed by atoms with Gasteiger partial charge in [-0.1, -0.05) is 42.5 Å². The van der Waals surface area contributed by atoms with Crippen molar-refractivity contribution in [2.24, 2.45) is 0 Å². The molecular weight excluding hydrogens is 390 g/mol. The van der Waals surface area contributed by atoms with Crippen LogP contribution < -0.4 is 14.8 Å². The molecule has 154 valence electrons. The molecule has 1 N–H and O–H groups in total. The van der Waals surface area contributed by atoms with E-state index in [0.717, 1.165) is 16.9 Å². The van der Waals surface area contributed by atoms with Crippen molar-refractivity contribution in [1.82, 2.24) is 15.5 Å². The number of benzene rings is 3. The monoisotopic (exact) mass is 411 g/mol. The zero-order valence-corrected chi connectivity index (χ0v) is 17.0. The molecule has 6 nitrogen and oxygen atoms in total. The molecule has 0 spiro atoms. The van der Waals surface area contributed by atoms with Crippen LogP contribution in [0.5, 0.6) is 17.4 Å². The van der Waals surface area contributed by atoms with Crippen LogP contribution in [-0.2, 0) is 6.54 Å². The van der Waals surface area contributed by atoms with E-state index in [-0.39, 0.29) is 5.91 Å². The van der Waals surface area contributed by atoms with E-state index in [9.17, 15) is 4.79 Å². The molecule has 0 fully saturated rings. The Morgan fingerprint density at radius 1 is 0.806 bits per heavy atom. The smallest absolute Gasteiger partial charge is 0.251 e. The Morgan fingerprint density at radius 3 is 2.19 bits per heavy atom. The number of amides is 1. The van der Waals surface area contributed by atoms with Crippen molar-refractivity contribution < 1.29 is 14.3 Å². The lowest BCUT2D eigenvalue weighted by Gasteiger charge is -2.08. The fourth-order valence-corrected chi connectivity index (χ4v) is 2.96. The van der Waals surface area contributed by atoms with Gasteiger partial charge in [0.1, 0.15) is 11.5 Å². The third-order valence-corrected chi connectivity index (χ3v) is 4.66. The summed E-state index contributed by atoms with van der Waals surface area (Å²) in [5.74, 6) is 1.77. The number of nitrogens with zero attached hydrogens (tertiary/aromatic N) is 2. The van der Waals surface area contributed by atoms with E-state index in [1.54, 1.807) is 25.3 Å². The van der Waals surface area contributed by atoms with Crippen LogP contribution in [0.1, 0.15) is 15.9 Å². The van der Waals surface area contributed by atoms with Crippen LogP contribution in [0.3, 0.4) is 0 Å². The largest absolute Gasteiger partial charge is 0.497 e. The van der Waals surface area contributed by atoms with Gasteiger partial charge in [0.15, 0.2) is 0 Å². The third kappa shape index (κ3) is 5.25. The first-order valence-electron chi connectivity index (χ1n) is 9.79. The molecule has 6 heteroatoms. The quantitative estimate of drug-likeness (QED) is 0.469. The Bertz CT molecular complexity index is 1130. The van der Waals surface area contributed by atoms with Crippen molar-refractivity contribution in [3.05, 3.63) is 102 Å². The van der Waals surface area contributed by atoms with Crippen LogP contribution in [0.25, 0.3) is 11.3 Å². The van der Waals surface area contributed by atoms with E-state index in [1.807, 2.05) is 72.8 Å². The molecule has 0 saturated heterocycles. The molecule has 1 amide bonds. The van der Waals surface area contributed by atoms with Gasteiger partial charge in [-0.3, -0.25) is 4.79 Å². The molecular formula is C25H21N3O3. The lowest BCUT2D eigenvalue weighted by atomic mass is 10.1. The highest BCUT2D eigenvalue weighted by Crippen LogP contribution is 2.22. The van der Waals surface area contributed by atoms with Crippen LogP contribution >= 0.6 is 0 Å². The zero-order chi connectivity index (χ0) is 21.5. The van der Waals surface area contributed by atoms with Gasteiger partial charge in [0.25, 0.3) is 5.91 Å². The van der Waals surface area contributed by atoms with Crippen molar-refractivity contribution >= 4 is 5.91 Å². The Balaban J connectivity index is 1.36. The van der Waals surface area contributed by atoms with Crippen LogP contribution in [-0.4, -0.2) is 23.2 Å². The summed E-state index contributed by atoms with van der Waals surface area (Å²) < 4.78 is 10.8. The Labute approximate surface area is 180 Å². The maximum atomic E-state index is 12.4. The normalized spacial score (nSPS) is 10.4. The van der Waals surface area contributed by atoms with E-state index in [4.69, 9.17) is 9.47 Å². The number of rotatable bonds is 7. The number of hydrogen-bond acceptors (Lipinski definition) is 5. The molecule has 4 aromatic rings. The molecule has 0 unspecified atom stereocenters. The molecule has 0 aliphatic heterocycles. The third-order valence-electron chi connectivity index (χ3n) is 4.66. The topological polar surface area (TPSA) is 73.3 Å². The fraction of sp³-hybridized carbons (Fsp3) is 0.0800. The molecule has 0 saturated carbocycles. The number of methoxy groups -OCH3 is 1. The first-order valence-corrected chi connectivity index (χ1v) is 9.79. The highest BCUT2D eigenvalue weighted by molar-refractivity contribution is 5.94. The van der Waals surface area contributed by atoms with Gasteiger partial charge in [-0.15, -0.1) is 10.2 Å². The van der Waals surface area contributed by atoms with Crippen molar-refractivity contribution in [3.8, 4) is 28.6 Å². The lowest BCUT2D eigenvalue weighted by molar-refractivity contribution is 0.0951. The fourth-order valence-electron chi connectivity index (χ4n) is 2.96. The van der Waals surface area contributed by atoms with Crippen molar-refractivity contribution in [2.45, 2.75) is 6.54 Å². The van der Waals surface area contributed by atoms with Gasteiger partial charge in [-0.25, -0.2) is 0 Å². The molecule has 1 heterocycles. The minimum atomic E-state index is -0.139. The van der Waals surface area contributed by atoms with E-state index < -0.39 is 0 Å². The first-order chi connectivity index (χ1) is 15.2. The molecule has 1 aromatic heterocycles. The number of nitrogens with one attached hydrogen (secondary N) is 1. The van der Waals surface area contributed by atoms with Crippen LogP contribution in [0.15, 0.2) is 91.0 Å². The second-order valence-electron chi connectivity index (χ2n) is 6.78. The van der Waals surface area contributed by atoms with Gasteiger partial charge in [-0.05, 0) is 48.0 Å². The summed E-state index contributed by atoms with van der Waals surface area (Å²) in [4.78, 5) is 12.4. The summed E-state index contributed by atoms with van der Waals surface area (Å²) in [6.07, 6.45) is 0. The molecule has 4 rings (SSSR count). The second kappa shape index (κ2) is 9.54. The molecule has 0 bridgehead atoms. The zero-order valence-electron chi connectivity index (χ0n) is 17.0. The van der Waals surface area contributed by atoms with Crippen LogP contribution in [0, 0.1) is 0 Å². The minimum absolute atomic E-state index is 0.139. The Hall–Kier alpha value is -4.19. The van der Waals surface area contributed by atoms with Crippen LogP contribution in [0.2, 0.25) is 0 Å². The minimum Gasteiger partial charge on any atom is -0.497 e. The standard InChI is InChI=1S/C25H21N3O3/c1-30-21-13-7-18(8-14-21)17-26-25(29)20-11-9-19(10-12-20)23-15-16-24(28-27-23)31-22-5-3-2-4-6-22/h2-16H,17H2,1H3,(H,26,29). The van der Waals surface area contributed by atoms with Gasteiger partial charge < -0.3 is 14.8 Å². The van der Waals surface area contributed by atoms with Gasteiger partial charge >= 0.3 is 0 Å². The average molecular weight is 411 g/mol. The van der Waals surface area contributed by atoms with Crippen molar-refractivity contribution in [1.29, 1.82) is 0 Å². The maximum absolute atomic E-state index is 12.4. The summed E-state index contributed by atoms with van der Waals surface area (Å²) in [5.41, 5.74) is 3.14. The highest BCUT2D eigenvalue weighted by Gasteiger charge is 2.08. The van der Waals surface area contributed by atoms with Crippen molar-refractivity contribution in [2.75, 3.05) is 7.11 Å². The summed E-state index contributed by atoms with van der Waals surface area (Å²) in [6.45, 7) is 0.443. The van der Waals surface area contributed by atoms with Crippen molar-refractivity contribution in [3.63, 3.8) is 0 Å². The highest BCUT2D eigenvalue weighted by atomic mass is 16.5. The van der Waals surface area contributed by atoms with E-state index in [0.29, 0.717) is 29.4 Å². The number of carbonyl (C=O) groups is 1. The molecule has 0 aliphatic carbocycles. The number of carbonyl (C=O) groups excluding carboxylic acids is 1. The number of hydrogen-bond donors (Lipinski definition) is 1. The Kier molecular flexibility index (Phi) is 6.18. The first kappa shape index (κ1) is 20.1. The van der Waals surface area contributed by atoms with Crippen LogP contribution in [0.4, 0.5) is 0 Å². The summed E-state index contributed by atoms with van der Waals surface area (Å²) in [6, 6.07) is 27.9. The Morgan fingerprint density at radius 2 is 1.55 bits per heavy atom.